The first-order chi connectivity index (χ1) is 15.1. The third kappa shape index (κ3) is 5.06. The zero-order chi connectivity index (χ0) is 23.5. The number of hydrogen-bond acceptors (Lipinski definition) is 4. The summed E-state index contributed by atoms with van der Waals surface area (Å²) in [6.45, 7) is 7.67. The predicted molar refractivity (Wildman–Crippen MR) is 125 cm³/mol. The van der Waals surface area contributed by atoms with E-state index in [1.54, 1.807) is 51.1 Å². The van der Waals surface area contributed by atoms with Crippen LogP contribution in [-0.4, -0.2) is 30.3 Å². The molecular formula is C24H27ClN2O4S. The summed E-state index contributed by atoms with van der Waals surface area (Å²) in [7, 11) is -3.82. The number of ether oxygens (including phenoxy) is 1. The van der Waals surface area contributed by atoms with Crippen molar-refractivity contribution in [2.45, 2.75) is 45.7 Å². The molecular weight excluding hydrogens is 448 g/mol. The van der Waals surface area contributed by atoms with Gasteiger partial charge in [0.15, 0.2) is 0 Å². The molecule has 2 aromatic carbocycles. The van der Waals surface area contributed by atoms with Crippen molar-refractivity contribution in [1.82, 2.24) is 9.29 Å². The van der Waals surface area contributed by atoms with Crippen LogP contribution in [0.2, 0.25) is 5.02 Å². The SMILES string of the molecule is CCOC(=O)c1[nH]c(C)c(CN(Cc2ccc(Cl)cc2)S(=O)(=O)c2ccccc2C)c1C. The highest BCUT2D eigenvalue weighted by molar-refractivity contribution is 7.89. The van der Waals surface area contributed by atoms with Gasteiger partial charge in [0.05, 0.1) is 11.5 Å². The van der Waals surface area contributed by atoms with Crippen LogP contribution in [0.3, 0.4) is 0 Å². The second-order valence-electron chi connectivity index (χ2n) is 7.61. The number of H-pyrrole nitrogens is 1. The molecule has 0 bridgehead atoms. The summed E-state index contributed by atoms with van der Waals surface area (Å²) in [4.78, 5) is 15.6. The zero-order valence-electron chi connectivity index (χ0n) is 18.6. The van der Waals surface area contributed by atoms with Crippen molar-refractivity contribution >= 4 is 27.6 Å². The highest BCUT2D eigenvalue weighted by Gasteiger charge is 2.29. The summed E-state index contributed by atoms with van der Waals surface area (Å²) < 4.78 is 33.9. The Balaban J connectivity index is 2.05. The zero-order valence-corrected chi connectivity index (χ0v) is 20.2. The lowest BCUT2D eigenvalue weighted by Gasteiger charge is -2.24. The van der Waals surface area contributed by atoms with Crippen molar-refractivity contribution in [1.29, 1.82) is 0 Å². The monoisotopic (exact) mass is 474 g/mol. The van der Waals surface area contributed by atoms with E-state index < -0.39 is 16.0 Å². The second-order valence-corrected chi connectivity index (χ2v) is 9.96. The van der Waals surface area contributed by atoms with Crippen LogP contribution in [0.1, 0.15) is 45.4 Å². The molecule has 170 valence electrons. The molecule has 0 saturated heterocycles. The molecule has 0 radical (unpaired) electrons. The smallest absolute Gasteiger partial charge is 0.355 e. The minimum absolute atomic E-state index is 0.104. The molecule has 0 atom stereocenters. The van der Waals surface area contributed by atoms with Gasteiger partial charge in [-0.25, -0.2) is 13.2 Å². The number of hydrogen-bond donors (Lipinski definition) is 1. The van der Waals surface area contributed by atoms with Gasteiger partial charge in [0.25, 0.3) is 0 Å². The summed E-state index contributed by atoms with van der Waals surface area (Å²) in [5.41, 5.74) is 3.98. The van der Waals surface area contributed by atoms with Gasteiger partial charge in [-0.1, -0.05) is 41.9 Å². The van der Waals surface area contributed by atoms with E-state index >= 15 is 0 Å². The lowest BCUT2D eigenvalue weighted by molar-refractivity contribution is 0.0519. The van der Waals surface area contributed by atoms with Gasteiger partial charge in [-0.3, -0.25) is 0 Å². The summed E-state index contributed by atoms with van der Waals surface area (Å²) in [5, 5.41) is 0.582. The van der Waals surface area contributed by atoms with E-state index in [4.69, 9.17) is 16.3 Å². The number of aromatic amines is 1. The minimum atomic E-state index is -3.82. The van der Waals surface area contributed by atoms with Gasteiger partial charge < -0.3 is 9.72 Å². The van der Waals surface area contributed by atoms with Crippen molar-refractivity contribution in [3.05, 3.63) is 87.2 Å². The molecule has 0 unspecified atom stereocenters. The number of rotatable bonds is 8. The average Bonchev–Trinajstić information content (AvgIpc) is 3.03. The molecule has 3 rings (SSSR count). The lowest BCUT2D eigenvalue weighted by Crippen LogP contribution is -2.31. The topological polar surface area (TPSA) is 79.5 Å². The van der Waals surface area contributed by atoms with Gasteiger partial charge in [0.1, 0.15) is 5.69 Å². The highest BCUT2D eigenvalue weighted by Crippen LogP contribution is 2.27. The Morgan fingerprint density at radius 3 is 2.31 bits per heavy atom. The number of aromatic nitrogens is 1. The first-order valence-electron chi connectivity index (χ1n) is 10.3. The first-order valence-corrected chi connectivity index (χ1v) is 12.1. The number of carbonyl (C=O) groups is 1. The number of esters is 1. The number of sulfonamides is 1. The van der Waals surface area contributed by atoms with E-state index in [9.17, 15) is 13.2 Å². The van der Waals surface area contributed by atoms with Crippen molar-refractivity contribution < 1.29 is 17.9 Å². The summed E-state index contributed by atoms with van der Waals surface area (Å²) >= 11 is 6.00. The first kappa shape index (κ1) is 24.0. The van der Waals surface area contributed by atoms with Crippen LogP contribution in [0.15, 0.2) is 53.4 Å². The van der Waals surface area contributed by atoms with Crippen LogP contribution >= 0.6 is 11.6 Å². The van der Waals surface area contributed by atoms with E-state index in [0.29, 0.717) is 21.8 Å². The molecule has 3 aromatic rings. The maximum atomic E-state index is 13.7. The molecule has 1 N–H and O–H groups in total. The van der Waals surface area contributed by atoms with Gasteiger partial charge in [0, 0.05) is 23.8 Å². The third-order valence-corrected chi connectivity index (χ3v) is 7.59. The quantitative estimate of drug-likeness (QED) is 0.457. The van der Waals surface area contributed by atoms with Gasteiger partial charge in [-0.05, 0) is 68.1 Å². The van der Waals surface area contributed by atoms with Crippen molar-refractivity contribution in [3.63, 3.8) is 0 Å². The number of benzene rings is 2. The molecule has 0 aliphatic rings. The Morgan fingerprint density at radius 1 is 1.03 bits per heavy atom. The highest BCUT2D eigenvalue weighted by atomic mass is 35.5. The van der Waals surface area contributed by atoms with Gasteiger partial charge in [-0.2, -0.15) is 4.31 Å². The second kappa shape index (κ2) is 9.90. The maximum Gasteiger partial charge on any atom is 0.355 e. The molecule has 0 spiro atoms. The fraction of sp³-hybridized carbons (Fsp3) is 0.292. The molecule has 8 heteroatoms. The molecule has 0 saturated carbocycles. The fourth-order valence-electron chi connectivity index (χ4n) is 3.61. The molecule has 0 amide bonds. The summed E-state index contributed by atoms with van der Waals surface area (Å²) in [6, 6.07) is 14.0. The van der Waals surface area contributed by atoms with E-state index in [-0.39, 0.29) is 24.6 Å². The Kier molecular flexibility index (Phi) is 7.44. The number of halogens is 1. The number of nitrogens with one attached hydrogen (secondary N) is 1. The molecule has 0 aliphatic carbocycles. The number of carbonyl (C=O) groups excluding carboxylic acids is 1. The molecule has 0 fully saturated rings. The average molecular weight is 475 g/mol. The standard InChI is InChI=1S/C24H27ClN2O4S/c1-5-31-24(28)23-17(3)21(18(4)26-23)15-27(14-19-10-12-20(25)13-11-19)32(29,30)22-9-7-6-8-16(22)2/h6-13,26H,5,14-15H2,1-4H3. The molecule has 1 heterocycles. The Bertz CT molecular complexity index is 1220. The van der Waals surface area contributed by atoms with E-state index in [0.717, 1.165) is 16.8 Å². The molecule has 1 aromatic heterocycles. The number of aryl methyl sites for hydroxylation is 2. The molecule has 6 nitrogen and oxygen atoms in total. The Hall–Kier alpha value is -2.61. The predicted octanol–water partition coefficient (Wildman–Crippen LogP) is 5.16. The van der Waals surface area contributed by atoms with Gasteiger partial charge in [-0.15, -0.1) is 0 Å². The van der Waals surface area contributed by atoms with Crippen molar-refractivity contribution in [2.24, 2.45) is 0 Å². The van der Waals surface area contributed by atoms with Gasteiger partial charge in [0.2, 0.25) is 10.0 Å². The van der Waals surface area contributed by atoms with Crippen molar-refractivity contribution in [2.75, 3.05) is 6.61 Å². The molecule has 0 aliphatic heterocycles. The van der Waals surface area contributed by atoms with Crippen LogP contribution in [0.25, 0.3) is 0 Å². The van der Waals surface area contributed by atoms with Crippen LogP contribution in [0.5, 0.6) is 0 Å². The Morgan fingerprint density at radius 2 is 1.69 bits per heavy atom. The maximum absolute atomic E-state index is 13.7. The van der Waals surface area contributed by atoms with Crippen LogP contribution in [-0.2, 0) is 27.8 Å². The molecule has 32 heavy (non-hydrogen) atoms. The van der Waals surface area contributed by atoms with E-state index in [1.807, 2.05) is 25.1 Å². The van der Waals surface area contributed by atoms with E-state index in [2.05, 4.69) is 4.98 Å². The van der Waals surface area contributed by atoms with Crippen molar-refractivity contribution in [3.8, 4) is 0 Å². The van der Waals surface area contributed by atoms with Gasteiger partial charge >= 0.3 is 5.97 Å². The van der Waals surface area contributed by atoms with E-state index in [1.165, 1.54) is 4.31 Å². The lowest BCUT2D eigenvalue weighted by atomic mass is 10.1. The van der Waals surface area contributed by atoms with Crippen LogP contribution in [0, 0.1) is 20.8 Å². The number of nitrogens with zero attached hydrogens (tertiary/aromatic N) is 1. The minimum Gasteiger partial charge on any atom is -0.461 e. The third-order valence-electron chi connectivity index (χ3n) is 5.39. The Labute approximate surface area is 194 Å². The van der Waals surface area contributed by atoms with Crippen LogP contribution in [0.4, 0.5) is 0 Å². The largest absolute Gasteiger partial charge is 0.461 e. The fourth-order valence-corrected chi connectivity index (χ4v) is 5.36. The summed E-state index contributed by atoms with van der Waals surface area (Å²) in [6.07, 6.45) is 0. The normalized spacial score (nSPS) is 11.7. The summed E-state index contributed by atoms with van der Waals surface area (Å²) in [5.74, 6) is -0.453. The van der Waals surface area contributed by atoms with Crippen LogP contribution < -0.4 is 0 Å².